The van der Waals surface area contributed by atoms with Crippen LogP contribution in [0.5, 0.6) is 0 Å². The van der Waals surface area contributed by atoms with Crippen LogP contribution in [0.3, 0.4) is 0 Å². The molecule has 3 heterocycles. The van der Waals surface area contributed by atoms with Crippen LogP contribution in [0.2, 0.25) is 0 Å². The van der Waals surface area contributed by atoms with Gasteiger partial charge in [0, 0.05) is 38.8 Å². The van der Waals surface area contributed by atoms with Crippen molar-refractivity contribution in [3.8, 4) is 0 Å². The lowest BCUT2D eigenvalue weighted by atomic mass is 9.68. The van der Waals surface area contributed by atoms with Crippen LogP contribution in [0.15, 0.2) is 0 Å². The van der Waals surface area contributed by atoms with E-state index in [-0.39, 0.29) is 0 Å². The van der Waals surface area contributed by atoms with E-state index in [1.165, 1.54) is 65.1 Å². The summed E-state index contributed by atoms with van der Waals surface area (Å²) < 4.78 is 0. The molecule has 3 heteroatoms. The third kappa shape index (κ3) is 3.30. The highest BCUT2D eigenvalue weighted by molar-refractivity contribution is 4.95. The van der Waals surface area contributed by atoms with Gasteiger partial charge in [0.05, 0.1) is 0 Å². The lowest BCUT2D eigenvalue weighted by Gasteiger charge is -2.39. The Morgan fingerprint density at radius 1 is 0.762 bits per heavy atom. The molecule has 2 saturated carbocycles. The molecule has 0 aromatic carbocycles. The molecule has 120 valence electrons. The van der Waals surface area contributed by atoms with Crippen molar-refractivity contribution in [2.75, 3.05) is 52.9 Å². The number of likely N-dealkylation sites (N-methyl/N-ethyl adjacent to an activating group) is 1. The number of hydrogen-bond donors (Lipinski definition) is 0. The van der Waals surface area contributed by atoms with Crippen LogP contribution >= 0.6 is 0 Å². The molecule has 5 fully saturated rings. The highest BCUT2D eigenvalue weighted by Crippen LogP contribution is 2.47. The van der Waals surface area contributed by atoms with E-state index < -0.39 is 0 Å². The van der Waals surface area contributed by atoms with Crippen LogP contribution in [-0.4, -0.2) is 73.6 Å². The summed E-state index contributed by atoms with van der Waals surface area (Å²) in [6.45, 7) is 9.22. The maximum Gasteiger partial charge on any atom is 0.0110 e. The zero-order chi connectivity index (χ0) is 14.2. The Balaban J connectivity index is 1.25. The summed E-state index contributed by atoms with van der Waals surface area (Å²) in [4.78, 5) is 8.04. The Morgan fingerprint density at radius 2 is 1.43 bits per heavy atom. The second kappa shape index (κ2) is 6.17. The maximum absolute atomic E-state index is 2.90. The van der Waals surface area contributed by atoms with Gasteiger partial charge in [-0.1, -0.05) is 0 Å². The van der Waals surface area contributed by atoms with Gasteiger partial charge in [-0.05, 0) is 76.4 Å². The van der Waals surface area contributed by atoms with Crippen molar-refractivity contribution < 1.29 is 0 Å². The van der Waals surface area contributed by atoms with Crippen LogP contribution in [0.25, 0.3) is 0 Å². The quantitative estimate of drug-likeness (QED) is 0.786. The van der Waals surface area contributed by atoms with E-state index in [1.807, 2.05) is 0 Å². The standard InChI is InChI=1S/C18H33N3/c1-19-5-7-20(8-6-19)3-2-4-21-14-17-10-15-9-16(11-17)13-18(21)12-15/h15-18H,2-14H2,1H3. The van der Waals surface area contributed by atoms with Crippen LogP contribution in [0.4, 0.5) is 0 Å². The molecule has 0 aromatic rings. The highest BCUT2D eigenvalue weighted by Gasteiger charge is 2.42. The molecule has 4 bridgehead atoms. The highest BCUT2D eigenvalue weighted by atomic mass is 15.2. The van der Waals surface area contributed by atoms with E-state index in [9.17, 15) is 0 Å². The fourth-order valence-electron chi connectivity index (χ4n) is 5.72. The third-order valence-electron chi connectivity index (χ3n) is 6.74. The SMILES string of the molecule is CN1CCN(CCCN2CC3CC4CC(C3)CC2C4)CC1. The Bertz CT molecular complexity index is 336. The largest absolute Gasteiger partial charge is 0.304 e. The zero-order valence-electron chi connectivity index (χ0n) is 13.8. The second-order valence-corrected chi connectivity index (χ2v) is 8.42. The van der Waals surface area contributed by atoms with Gasteiger partial charge in [-0.15, -0.1) is 0 Å². The molecule has 3 nitrogen and oxygen atoms in total. The molecule has 3 aliphatic heterocycles. The van der Waals surface area contributed by atoms with E-state index in [0.29, 0.717) is 0 Å². The van der Waals surface area contributed by atoms with E-state index in [0.717, 1.165) is 23.8 Å². The number of hydrogen-bond acceptors (Lipinski definition) is 3. The van der Waals surface area contributed by atoms with Crippen LogP contribution in [0, 0.1) is 17.8 Å². The number of fused-ring (bicyclic) bond motifs is 1. The molecule has 0 amide bonds. The molecule has 0 radical (unpaired) electrons. The second-order valence-electron chi connectivity index (χ2n) is 8.42. The van der Waals surface area contributed by atoms with Crippen molar-refractivity contribution in [2.24, 2.45) is 17.8 Å². The molecular formula is C18H33N3. The van der Waals surface area contributed by atoms with Gasteiger partial charge in [-0.25, -0.2) is 0 Å². The van der Waals surface area contributed by atoms with E-state index in [4.69, 9.17) is 0 Å². The predicted molar refractivity (Wildman–Crippen MR) is 87.5 cm³/mol. The monoisotopic (exact) mass is 291 g/mol. The fourth-order valence-corrected chi connectivity index (χ4v) is 5.72. The van der Waals surface area contributed by atoms with Gasteiger partial charge in [0.1, 0.15) is 0 Å². The summed E-state index contributed by atoms with van der Waals surface area (Å²) in [7, 11) is 2.25. The summed E-state index contributed by atoms with van der Waals surface area (Å²) in [5.74, 6) is 3.23. The minimum Gasteiger partial charge on any atom is -0.304 e. The van der Waals surface area contributed by atoms with Gasteiger partial charge in [-0.2, -0.15) is 0 Å². The Hall–Kier alpha value is -0.120. The molecule has 21 heavy (non-hydrogen) atoms. The maximum atomic E-state index is 2.90. The van der Waals surface area contributed by atoms with Gasteiger partial charge < -0.3 is 14.7 Å². The third-order valence-corrected chi connectivity index (χ3v) is 6.74. The summed E-state index contributed by atoms with van der Waals surface area (Å²) in [5, 5.41) is 0. The predicted octanol–water partition coefficient (Wildman–Crippen LogP) is 2.13. The molecule has 5 aliphatic rings. The summed E-state index contributed by atoms with van der Waals surface area (Å²) in [5.41, 5.74) is 0. The lowest BCUT2D eigenvalue weighted by molar-refractivity contribution is 0.115. The van der Waals surface area contributed by atoms with Gasteiger partial charge in [0.2, 0.25) is 0 Å². The van der Waals surface area contributed by atoms with Crippen molar-refractivity contribution in [1.29, 1.82) is 0 Å². The van der Waals surface area contributed by atoms with E-state index in [2.05, 4.69) is 21.7 Å². The van der Waals surface area contributed by atoms with Crippen molar-refractivity contribution >= 4 is 0 Å². The lowest BCUT2D eigenvalue weighted by Crippen LogP contribution is -2.45. The first-order valence-electron chi connectivity index (χ1n) is 9.41. The normalized spacial score (nSPS) is 41.6. The average Bonchev–Trinajstić information content (AvgIpc) is 2.65. The van der Waals surface area contributed by atoms with Crippen LogP contribution < -0.4 is 0 Å². The molecule has 2 unspecified atom stereocenters. The molecule has 2 aliphatic carbocycles. The number of nitrogens with zero attached hydrogens (tertiary/aromatic N) is 3. The van der Waals surface area contributed by atoms with Gasteiger partial charge in [0.15, 0.2) is 0 Å². The topological polar surface area (TPSA) is 9.72 Å². The molecule has 0 spiro atoms. The molecule has 0 aromatic heterocycles. The van der Waals surface area contributed by atoms with Gasteiger partial charge in [-0.3, -0.25) is 0 Å². The summed E-state index contributed by atoms with van der Waals surface area (Å²) in [6, 6.07) is 0.953. The van der Waals surface area contributed by atoms with Crippen molar-refractivity contribution in [2.45, 2.75) is 44.6 Å². The molecular weight excluding hydrogens is 258 g/mol. The number of piperazine rings is 1. The van der Waals surface area contributed by atoms with Crippen LogP contribution in [0.1, 0.15) is 38.5 Å². The Morgan fingerprint density at radius 3 is 2.14 bits per heavy atom. The fraction of sp³-hybridized carbons (Fsp3) is 1.00. The average molecular weight is 291 g/mol. The molecule has 3 saturated heterocycles. The Labute approximate surface area is 130 Å². The first-order chi connectivity index (χ1) is 10.3. The summed E-state index contributed by atoms with van der Waals surface area (Å²) in [6.07, 6.45) is 9.14. The molecule has 2 atom stereocenters. The minimum absolute atomic E-state index is 0.953. The van der Waals surface area contributed by atoms with E-state index >= 15 is 0 Å². The molecule has 0 N–H and O–H groups in total. The van der Waals surface area contributed by atoms with E-state index in [1.54, 1.807) is 19.3 Å². The summed E-state index contributed by atoms with van der Waals surface area (Å²) >= 11 is 0. The minimum atomic E-state index is 0.953. The smallest absolute Gasteiger partial charge is 0.0110 e. The van der Waals surface area contributed by atoms with Gasteiger partial charge in [0.25, 0.3) is 0 Å². The number of rotatable bonds is 4. The van der Waals surface area contributed by atoms with Crippen LogP contribution in [-0.2, 0) is 0 Å². The first kappa shape index (κ1) is 14.5. The van der Waals surface area contributed by atoms with Crippen molar-refractivity contribution in [3.05, 3.63) is 0 Å². The zero-order valence-corrected chi connectivity index (χ0v) is 13.8. The Kier molecular flexibility index (Phi) is 4.25. The van der Waals surface area contributed by atoms with Gasteiger partial charge >= 0.3 is 0 Å². The molecule has 5 rings (SSSR count). The first-order valence-corrected chi connectivity index (χ1v) is 9.41. The van der Waals surface area contributed by atoms with Crippen molar-refractivity contribution in [3.63, 3.8) is 0 Å². The van der Waals surface area contributed by atoms with Crippen molar-refractivity contribution in [1.82, 2.24) is 14.7 Å².